The van der Waals surface area contributed by atoms with Gasteiger partial charge in [-0.05, 0) is 24.0 Å². The number of esters is 1. The van der Waals surface area contributed by atoms with Crippen LogP contribution < -0.4 is 0 Å². The summed E-state index contributed by atoms with van der Waals surface area (Å²) < 4.78 is 43.3. The summed E-state index contributed by atoms with van der Waals surface area (Å²) >= 11 is 0. The van der Waals surface area contributed by atoms with Crippen molar-refractivity contribution in [2.75, 3.05) is 20.2 Å². The molecule has 2 fully saturated rings. The minimum absolute atomic E-state index is 0.0326. The highest BCUT2D eigenvalue weighted by atomic mass is 32.2. The van der Waals surface area contributed by atoms with Crippen LogP contribution in [0.4, 0.5) is 4.39 Å². The standard InChI is InChI=1S/C12H13FN2O4S/c1-19-12(16)11-8-5-15(6-9(8)11)20(17,18)7-2-3-10(13)14-4-7/h2-4,8-9,11H,5-6H2,1H3/t8-,9+,11?. The van der Waals surface area contributed by atoms with E-state index in [-0.39, 0.29) is 28.6 Å². The lowest BCUT2D eigenvalue weighted by Gasteiger charge is -2.18. The molecule has 0 amide bonds. The minimum Gasteiger partial charge on any atom is -0.469 e. The van der Waals surface area contributed by atoms with E-state index in [0.29, 0.717) is 13.1 Å². The fourth-order valence-electron chi connectivity index (χ4n) is 2.83. The van der Waals surface area contributed by atoms with E-state index in [0.717, 1.165) is 12.3 Å². The maximum Gasteiger partial charge on any atom is 0.309 e. The average molecular weight is 300 g/mol. The lowest BCUT2D eigenvalue weighted by molar-refractivity contribution is -0.143. The number of fused-ring (bicyclic) bond motifs is 1. The molecule has 1 saturated heterocycles. The number of sulfonamides is 1. The fraction of sp³-hybridized carbons (Fsp3) is 0.500. The second-order valence-corrected chi connectivity index (χ2v) is 6.95. The molecule has 2 aliphatic rings. The van der Waals surface area contributed by atoms with Gasteiger partial charge < -0.3 is 4.74 Å². The number of pyridine rings is 1. The van der Waals surface area contributed by atoms with Gasteiger partial charge in [-0.1, -0.05) is 0 Å². The van der Waals surface area contributed by atoms with Gasteiger partial charge in [0.15, 0.2) is 0 Å². The molecule has 0 aromatic carbocycles. The molecule has 1 aromatic heterocycles. The molecule has 0 radical (unpaired) electrons. The zero-order chi connectivity index (χ0) is 14.5. The molecular formula is C12H13FN2O4S. The first-order chi connectivity index (χ1) is 9.45. The third kappa shape index (κ3) is 1.99. The van der Waals surface area contributed by atoms with Crippen molar-refractivity contribution in [1.82, 2.24) is 9.29 Å². The number of ether oxygens (including phenoxy) is 1. The molecule has 1 unspecified atom stereocenters. The lowest BCUT2D eigenvalue weighted by Crippen LogP contribution is -2.32. The van der Waals surface area contributed by atoms with E-state index in [1.165, 1.54) is 17.5 Å². The molecule has 1 aromatic rings. The summed E-state index contributed by atoms with van der Waals surface area (Å²) in [7, 11) is -2.33. The Morgan fingerprint density at radius 3 is 2.55 bits per heavy atom. The van der Waals surface area contributed by atoms with Crippen molar-refractivity contribution in [2.45, 2.75) is 4.90 Å². The Balaban J connectivity index is 1.74. The molecule has 20 heavy (non-hydrogen) atoms. The molecule has 3 atom stereocenters. The first kappa shape index (κ1) is 13.4. The van der Waals surface area contributed by atoms with E-state index in [9.17, 15) is 17.6 Å². The molecule has 1 aliphatic carbocycles. The van der Waals surface area contributed by atoms with Gasteiger partial charge in [0.05, 0.1) is 19.2 Å². The van der Waals surface area contributed by atoms with Gasteiger partial charge in [-0.2, -0.15) is 8.70 Å². The van der Waals surface area contributed by atoms with Crippen LogP contribution in [-0.2, 0) is 19.6 Å². The third-order valence-corrected chi connectivity index (χ3v) is 5.79. The Labute approximate surface area is 115 Å². The number of rotatable bonds is 3. The Morgan fingerprint density at radius 1 is 1.40 bits per heavy atom. The summed E-state index contributed by atoms with van der Waals surface area (Å²) in [6, 6.07) is 2.21. The summed E-state index contributed by atoms with van der Waals surface area (Å²) in [6.45, 7) is 0.592. The van der Waals surface area contributed by atoms with Crippen molar-refractivity contribution in [3.63, 3.8) is 0 Å². The van der Waals surface area contributed by atoms with Crippen molar-refractivity contribution < 1.29 is 22.3 Å². The van der Waals surface area contributed by atoms with Crippen molar-refractivity contribution in [1.29, 1.82) is 0 Å². The average Bonchev–Trinajstić information content (AvgIpc) is 2.92. The van der Waals surface area contributed by atoms with E-state index in [2.05, 4.69) is 9.72 Å². The summed E-state index contributed by atoms with van der Waals surface area (Å²) in [5.74, 6) is -1.12. The predicted octanol–water partition coefficient (Wildman–Crippen LogP) is 0.260. The summed E-state index contributed by atoms with van der Waals surface area (Å²) in [5, 5.41) is 0. The van der Waals surface area contributed by atoms with Gasteiger partial charge >= 0.3 is 5.97 Å². The molecule has 6 nitrogen and oxygen atoms in total. The fourth-order valence-corrected chi connectivity index (χ4v) is 4.29. The van der Waals surface area contributed by atoms with Gasteiger partial charge in [0.2, 0.25) is 16.0 Å². The molecule has 0 N–H and O–H groups in total. The van der Waals surface area contributed by atoms with Crippen LogP contribution in [0.25, 0.3) is 0 Å². The van der Waals surface area contributed by atoms with E-state index in [4.69, 9.17) is 0 Å². The monoisotopic (exact) mass is 300 g/mol. The number of halogens is 1. The van der Waals surface area contributed by atoms with Crippen LogP contribution in [0, 0.1) is 23.7 Å². The molecule has 0 bridgehead atoms. The maximum atomic E-state index is 12.7. The summed E-state index contributed by atoms with van der Waals surface area (Å²) in [6.07, 6.45) is 1.01. The number of hydrogen-bond donors (Lipinski definition) is 0. The van der Waals surface area contributed by atoms with E-state index in [1.54, 1.807) is 0 Å². The molecular weight excluding hydrogens is 287 g/mol. The van der Waals surface area contributed by atoms with Crippen LogP contribution in [0.15, 0.2) is 23.2 Å². The molecule has 0 spiro atoms. The second-order valence-electron chi connectivity index (χ2n) is 5.02. The third-order valence-electron chi connectivity index (χ3n) is 3.97. The molecule has 1 aliphatic heterocycles. The van der Waals surface area contributed by atoms with Crippen molar-refractivity contribution in [3.05, 3.63) is 24.3 Å². The van der Waals surface area contributed by atoms with Crippen LogP contribution >= 0.6 is 0 Å². The Kier molecular flexibility index (Phi) is 3.02. The Hall–Kier alpha value is -1.54. The summed E-state index contributed by atoms with van der Waals surface area (Å²) in [4.78, 5) is 14.7. The second kappa shape index (κ2) is 4.49. The zero-order valence-electron chi connectivity index (χ0n) is 10.7. The van der Waals surface area contributed by atoms with E-state index in [1.807, 2.05) is 0 Å². The molecule has 3 rings (SSSR count). The highest BCUT2D eigenvalue weighted by Gasteiger charge is 2.62. The topological polar surface area (TPSA) is 76.6 Å². The normalized spacial score (nSPS) is 29.0. The minimum atomic E-state index is -3.66. The van der Waals surface area contributed by atoms with Crippen LogP contribution in [-0.4, -0.2) is 43.9 Å². The zero-order valence-corrected chi connectivity index (χ0v) is 11.5. The van der Waals surface area contributed by atoms with E-state index >= 15 is 0 Å². The number of carbonyl (C=O) groups excluding carboxylic acids is 1. The largest absolute Gasteiger partial charge is 0.469 e. The first-order valence-corrected chi connectivity index (χ1v) is 7.58. The van der Waals surface area contributed by atoms with E-state index < -0.39 is 16.0 Å². The highest BCUT2D eigenvalue weighted by molar-refractivity contribution is 7.89. The number of aromatic nitrogens is 1. The molecule has 1 saturated carbocycles. The van der Waals surface area contributed by atoms with Gasteiger partial charge in [0.1, 0.15) is 4.90 Å². The number of hydrogen-bond acceptors (Lipinski definition) is 5. The van der Waals surface area contributed by atoms with Crippen molar-refractivity contribution >= 4 is 16.0 Å². The van der Waals surface area contributed by atoms with Crippen molar-refractivity contribution in [3.8, 4) is 0 Å². The van der Waals surface area contributed by atoms with Crippen LogP contribution in [0.5, 0.6) is 0 Å². The predicted molar refractivity (Wildman–Crippen MR) is 65.4 cm³/mol. The Morgan fingerprint density at radius 2 is 2.05 bits per heavy atom. The van der Waals surface area contributed by atoms with Crippen molar-refractivity contribution in [2.24, 2.45) is 17.8 Å². The van der Waals surface area contributed by atoms with Gasteiger partial charge in [-0.3, -0.25) is 4.79 Å². The van der Waals surface area contributed by atoms with Crippen LogP contribution in [0.3, 0.4) is 0 Å². The number of nitrogens with zero attached hydrogens (tertiary/aromatic N) is 2. The highest BCUT2D eigenvalue weighted by Crippen LogP contribution is 2.53. The SMILES string of the molecule is COC(=O)C1[C@H]2CN(S(=O)(=O)c3ccc(F)nc3)C[C@@H]12. The number of methoxy groups -OCH3 is 1. The first-order valence-electron chi connectivity index (χ1n) is 6.14. The van der Waals surface area contributed by atoms with Gasteiger partial charge in [0.25, 0.3) is 0 Å². The lowest BCUT2D eigenvalue weighted by atomic mass is 10.3. The quantitative estimate of drug-likeness (QED) is 0.591. The van der Waals surface area contributed by atoms with Gasteiger partial charge in [-0.25, -0.2) is 13.4 Å². The Bertz CT molecular complexity index is 634. The smallest absolute Gasteiger partial charge is 0.309 e. The number of carbonyl (C=O) groups is 1. The molecule has 108 valence electrons. The van der Waals surface area contributed by atoms with Gasteiger partial charge in [-0.15, -0.1) is 0 Å². The van der Waals surface area contributed by atoms with Crippen LogP contribution in [0.2, 0.25) is 0 Å². The molecule has 8 heteroatoms. The number of piperidine rings is 1. The van der Waals surface area contributed by atoms with Gasteiger partial charge in [0, 0.05) is 13.1 Å². The summed E-state index contributed by atoms with van der Waals surface area (Å²) in [5.41, 5.74) is 0. The molecule has 2 heterocycles. The van der Waals surface area contributed by atoms with Crippen LogP contribution in [0.1, 0.15) is 0 Å². The maximum absolute atomic E-state index is 12.7.